The number of rotatable bonds is 51. The second-order valence-electron chi connectivity index (χ2n) is 32.9. The Balaban J connectivity index is 0.727. The average molecular weight is 2230 g/mol. The van der Waals surface area contributed by atoms with E-state index in [4.69, 9.17) is 209 Å². The number of aromatic nitrogens is 18. The number of aromatic amines is 5. The number of imidazole rings is 3. The molecule has 9 aromatic heterocycles. The van der Waals surface area contributed by atoms with E-state index in [2.05, 4.69) is 74.8 Å². The molecule has 70 heteroatoms. The van der Waals surface area contributed by atoms with Crippen molar-refractivity contribution in [3.63, 3.8) is 0 Å². The number of methoxy groups -OCH3 is 5. The first-order valence-corrected chi connectivity index (χ1v) is 56.9. The van der Waals surface area contributed by atoms with Gasteiger partial charge in [0.25, 0.3) is 11.1 Å². The van der Waals surface area contributed by atoms with Gasteiger partial charge in [0.15, 0.2) is 52.8 Å². The third-order valence-electron chi connectivity index (χ3n) is 23.7. The van der Waals surface area contributed by atoms with E-state index >= 15 is 24.1 Å². The molecule has 0 amide bonds. The normalized spacial score (nSPS) is 29.2. The van der Waals surface area contributed by atoms with E-state index in [0.29, 0.717) is 5.65 Å². The predicted molar refractivity (Wildman–Crippen MR) is 507 cm³/mol. The van der Waals surface area contributed by atoms with Crippen LogP contribution in [-0.4, -0.2) is 326 Å². The molecule has 800 valence electrons. The van der Waals surface area contributed by atoms with Crippen LogP contribution in [0.25, 0.3) is 33.5 Å². The molecule has 0 spiro atoms. The van der Waals surface area contributed by atoms with Crippen LogP contribution in [-0.2, 0) is 185 Å². The standard InChI is InChI=1S/C75H108N23O37P5S5/c1-10-34-35(21-40(124-34)96-28-85-44-62(78)81-26-83-64(44)96)130-140(109,145)135-71-59(57(118-19-14-113-8)53(129-71)43-33(4)67(100)95-75(104)90-43)134-139(108,144)122-24-38-49(56(117-18-13-112-7)52(126-38)42-32(3)61(77)92-74(103)89-42)132-137(106,142)123-25-39-50(58(119-20-15-114-9)70(128-39)98-30-87-46-66(98)93-72(80)94-68(46)101)133-138(107,143)121-23-37-48(55(116-17-12-111-6)51(125-37)41-31(2)60(76)91-73(102)88-41)131-136(105,141)120-22-36-47(99)54(115-16-11-110-5)69(127-36)97-29-86-45-63(79)82-27-84-65(45)97/h26-30,34-40,47-59,69-71,99H,10-25H2,1-9H3,(H,105,141)(H,106,142)(H,107,143)(H,108,144)(H,109,145)(H2,78,81,83)(H2,79,82,84)(H3,76,88,91,102)(H3,77,89,92,103)(H3,80,93,94,101)(H2,90,95,100,104)/p-5/t34-,35-,36-,37-,38-,39-,40-,47+,48+,49+,50+,51+,52+,53+,54?,55?,56?,57?,58?,59-,69-,70-,71-,136?,137?,138?,139?,140?/m1/s1. The summed E-state index contributed by atoms with van der Waals surface area (Å²) >= 11 is 28.5. The van der Waals surface area contributed by atoms with Gasteiger partial charge in [-0.25, -0.2) is 49.3 Å². The lowest BCUT2D eigenvalue weighted by molar-refractivity contribution is -0.235. The molecule has 145 heavy (non-hydrogen) atoms. The highest BCUT2D eigenvalue weighted by atomic mass is 32.7. The second kappa shape index (κ2) is 48.2. The second-order valence-corrected chi connectivity index (χ2v) is 46.4. The molecule has 15 heterocycles. The van der Waals surface area contributed by atoms with Gasteiger partial charge in [0, 0.05) is 58.7 Å². The van der Waals surface area contributed by atoms with Gasteiger partial charge in [0.1, 0.15) is 172 Å². The fourth-order valence-electron chi connectivity index (χ4n) is 16.9. The van der Waals surface area contributed by atoms with Gasteiger partial charge in [-0.3, -0.25) is 37.8 Å². The highest BCUT2D eigenvalue weighted by Crippen LogP contribution is 2.59. The van der Waals surface area contributed by atoms with Gasteiger partial charge in [-0.2, -0.15) is 15.0 Å². The molecule has 16 N–H and O–H groups in total. The van der Waals surface area contributed by atoms with Crippen molar-refractivity contribution in [1.29, 1.82) is 0 Å². The molecule has 6 aliphatic rings. The highest BCUT2D eigenvalue weighted by molar-refractivity contribution is 8.32. The van der Waals surface area contributed by atoms with E-state index in [0.717, 1.165) is 6.33 Å². The smallest absolute Gasteiger partial charge is 0.347 e. The van der Waals surface area contributed by atoms with Gasteiger partial charge < -0.3 is 202 Å². The van der Waals surface area contributed by atoms with Crippen molar-refractivity contribution in [3.05, 3.63) is 118 Å². The number of hydrogen-bond acceptors (Lipinski definition) is 57. The van der Waals surface area contributed by atoms with Gasteiger partial charge in [-0.05, 0) is 27.2 Å². The quantitative estimate of drug-likeness (QED) is 0.0100. The van der Waals surface area contributed by atoms with Crippen molar-refractivity contribution < 1.29 is 150 Å². The van der Waals surface area contributed by atoms with Crippen LogP contribution in [0, 0.1) is 20.8 Å². The molecule has 0 bridgehead atoms. The Bertz CT molecular complexity index is 6630. The summed E-state index contributed by atoms with van der Waals surface area (Å²) in [7, 11) is 6.78. The Hall–Kier alpha value is -7.17. The summed E-state index contributed by atoms with van der Waals surface area (Å²) in [6, 6.07) is 0. The van der Waals surface area contributed by atoms with Crippen molar-refractivity contribution in [2.45, 2.75) is 181 Å². The maximum absolute atomic E-state index is 15.8. The number of anilines is 5. The van der Waals surface area contributed by atoms with Crippen LogP contribution in [0.15, 0.2) is 55.6 Å². The molecule has 6 saturated heterocycles. The number of nitrogens with one attached hydrogen (secondary N) is 5. The Morgan fingerprint density at radius 3 is 1.36 bits per heavy atom. The molecule has 0 saturated carbocycles. The van der Waals surface area contributed by atoms with E-state index in [1.165, 1.54) is 90.8 Å². The highest BCUT2D eigenvalue weighted by Gasteiger charge is 2.57. The van der Waals surface area contributed by atoms with Gasteiger partial charge in [-0.15, -0.1) is 0 Å². The van der Waals surface area contributed by atoms with Gasteiger partial charge in [0.2, 0.25) is 12.7 Å². The van der Waals surface area contributed by atoms with Crippen LogP contribution in [0.1, 0.15) is 90.5 Å². The zero-order chi connectivity index (χ0) is 104. The maximum atomic E-state index is 15.8. The lowest BCUT2D eigenvalue weighted by Crippen LogP contribution is -2.41. The predicted octanol–water partition coefficient (Wildman–Crippen LogP) is -3.43. The summed E-state index contributed by atoms with van der Waals surface area (Å²) in [6.07, 6.45) is -30.0. The average Bonchev–Trinajstić information content (AvgIpc) is 1.62. The maximum Gasteiger partial charge on any atom is 0.347 e. The van der Waals surface area contributed by atoms with Crippen molar-refractivity contribution in [1.82, 2.24) is 88.5 Å². The number of nitrogens with zero attached hydrogens (tertiary/aromatic N) is 13. The molecule has 6 aliphatic heterocycles. The molecule has 6 fully saturated rings. The minimum absolute atomic E-state index is 0.0273. The molecule has 10 unspecified atom stereocenters. The zero-order valence-corrected chi connectivity index (χ0v) is 86.7. The molecule has 0 aromatic carbocycles. The van der Waals surface area contributed by atoms with Crippen LogP contribution in [0.4, 0.5) is 29.2 Å². The number of fused-ring (bicyclic) bond motifs is 3. The first-order chi connectivity index (χ1) is 69.1. The summed E-state index contributed by atoms with van der Waals surface area (Å²) < 4.78 is 179. The summed E-state index contributed by atoms with van der Waals surface area (Å²) in [6.45, 7) is -25.9. The molecule has 9 aromatic rings. The fraction of sp³-hybridized carbons (Fsp3) is 0.640. The van der Waals surface area contributed by atoms with E-state index in [1.807, 2.05) is 0 Å². The molecular weight excluding hydrogens is 2130 g/mol. The Morgan fingerprint density at radius 1 is 0.428 bits per heavy atom. The van der Waals surface area contributed by atoms with Gasteiger partial charge in [0.05, 0.1) is 141 Å². The topological polar surface area (TPSA) is 808 Å². The lowest BCUT2D eigenvalue weighted by atomic mass is 10.0. The van der Waals surface area contributed by atoms with Crippen LogP contribution >= 0.6 is 33.7 Å². The third kappa shape index (κ3) is 26.1. The molecule has 0 aliphatic carbocycles. The number of hydrogen-bond donors (Lipinski definition) is 11. The van der Waals surface area contributed by atoms with Gasteiger partial charge in [-0.1, -0.05) is 54.2 Å². The van der Waals surface area contributed by atoms with Crippen LogP contribution in [0.2, 0.25) is 0 Å². The zero-order valence-electron chi connectivity index (χ0n) is 78.1. The summed E-state index contributed by atoms with van der Waals surface area (Å²) in [5, 5.41) is 11.9. The van der Waals surface area contributed by atoms with Crippen LogP contribution < -0.4 is 76.4 Å². The number of H-pyrrole nitrogens is 5. The minimum Gasteiger partial charge on any atom is -0.780 e. The number of nitrogen functional groups attached to an aromatic ring is 5. The van der Waals surface area contributed by atoms with Crippen molar-refractivity contribution in [3.8, 4) is 0 Å². The summed E-state index contributed by atoms with van der Waals surface area (Å²) in [5.74, 6) is -0.886. The fourth-order valence-corrected chi connectivity index (χ4v) is 24.1. The SMILES string of the molecule is CC[C@H]1O[C@@H](n2cnc3c(N)ncnc32)C[C@H]1OP([O-])(=S)O[C@H]1O[C@@H](c2[nH]c(=O)[nH]c(=O)c2C)C(OCCOC)[C@H]1OP(=O)([S-])OC[C@H]1O[C@@H](c2[nH]c(=O)nc(N)c2C)C(OCCOC)[C@H]1OP([O-])(=S)OC[C@H]1O[C@@H](n2cnc3c(=O)[nH]c(N)nc32)C(OCCOC)[C@H]1OP([O-])(=S)OC[C@H]1O[C@@H](c2[nH]c(=O)nc(N)c2C)C(OCCOC)[C@H]1OP([O-])(=S)OC[C@H]1O[C@@H](n2cnc3c(N)ncnc32)C(OCCOC)[C@H]1O. The number of aliphatic hydroxyl groups is 1. The number of aliphatic hydroxyl groups excluding tert-OH is 1. The Morgan fingerprint density at radius 2 is 0.848 bits per heavy atom. The largest absolute Gasteiger partial charge is 0.780 e. The van der Waals surface area contributed by atoms with Crippen LogP contribution in [0.3, 0.4) is 0 Å². The first-order valence-electron chi connectivity index (χ1n) is 44.1. The van der Waals surface area contributed by atoms with E-state index in [9.17, 15) is 29.1 Å². The monoisotopic (exact) mass is 2230 g/mol. The Kier molecular flexibility index (Phi) is 37.2. The Labute approximate surface area is 845 Å². The van der Waals surface area contributed by atoms with Crippen LogP contribution in [0.5, 0.6) is 0 Å². The van der Waals surface area contributed by atoms with Crippen molar-refractivity contribution in [2.24, 2.45) is 0 Å². The first kappa shape index (κ1) is 112. The number of ether oxygens (including phenoxy) is 16. The summed E-state index contributed by atoms with van der Waals surface area (Å²) in [4.78, 5) is 182. The molecule has 28 atom stereocenters. The molecule has 15 rings (SSSR count). The number of nitrogens with two attached hydrogens (primary N) is 5. The van der Waals surface area contributed by atoms with E-state index in [1.54, 1.807) is 11.5 Å². The minimum atomic E-state index is -5.36. The molecule has 0 radical (unpaired) electrons. The third-order valence-corrected chi connectivity index (χ3v) is 31.4. The van der Waals surface area contributed by atoms with Crippen molar-refractivity contribution >= 4 is 156 Å². The van der Waals surface area contributed by atoms with E-state index in [-0.39, 0.29) is 164 Å². The molecular formula is C75H103N23O37P5S5-5. The van der Waals surface area contributed by atoms with E-state index < -0.39 is 235 Å². The summed E-state index contributed by atoms with van der Waals surface area (Å²) in [5.41, 5.74) is 26.2. The lowest BCUT2D eigenvalue weighted by Gasteiger charge is -2.38. The van der Waals surface area contributed by atoms with Crippen molar-refractivity contribution in [2.75, 3.05) is 157 Å². The molecule has 60 nitrogen and oxygen atoms in total. The van der Waals surface area contributed by atoms with Gasteiger partial charge >= 0.3 is 17.1 Å².